The van der Waals surface area contributed by atoms with Gasteiger partial charge in [-0.15, -0.1) is 0 Å². The first-order chi connectivity index (χ1) is 9.04. The molecule has 1 saturated heterocycles. The van der Waals surface area contributed by atoms with Gasteiger partial charge in [-0.25, -0.2) is 8.42 Å². The van der Waals surface area contributed by atoms with E-state index in [1.807, 2.05) is 6.92 Å². The normalized spacial score (nSPS) is 31.5. The molecule has 1 saturated carbocycles. The molecule has 2 aliphatic rings. The third-order valence-corrected chi connectivity index (χ3v) is 6.84. The Bertz CT molecular complexity index is 376. The summed E-state index contributed by atoms with van der Waals surface area (Å²) < 4.78 is 26.8. The molecule has 112 valence electrons. The minimum Gasteiger partial charge on any atom is -0.395 e. The molecule has 0 spiro atoms. The fraction of sp³-hybridized carbons (Fsp3) is 1.00. The first-order valence-corrected chi connectivity index (χ1v) is 9.26. The quantitative estimate of drug-likeness (QED) is 0.861. The van der Waals surface area contributed by atoms with Crippen molar-refractivity contribution in [1.29, 1.82) is 0 Å². The molecule has 5 heteroatoms. The summed E-state index contributed by atoms with van der Waals surface area (Å²) in [6.45, 7) is 2.58. The van der Waals surface area contributed by atoms with Crippen molar-refractivity contribution in [3.8, 4) is 0 Å². The molecule has 2 rings (SSSR count). The molecule has 19 heavy (non-hydrogen) atoms. The van der Waals surface area contributed by atoms with E-state index in [4.69, 9.17) is 0 Å². The van der Waals surface area contributed by atoms with Gasteiger partial charge in [-0.1, -0.05) is 26.2 Å². The van der Waals surface area contributed by atoms with Gasteiger partial charge in [0.25, 0.3) is 0 Å². The van der Waals surface area contributed by atoms with Crippen molar-refractivity contribution in [3.63, 3.8) is 0 Å². The standard InChI is InChI=1S/C14H27NO3S/c1-12-6-5-9-15(14(12)10-16)19(17,18)11-13-7-3-2-4-8-13/h12-14,16H,2-11H2,1H3. The summed E-state index contributed by atoms with van der Waals surface area (Å²) in [5.41, 5.74) is 0. The zero-order valence-electron chi connectivity index (χ0n) is 11.9. The van der Waals surface area contributed by atoms with Crippen LogP contribution in [0.5, 0.6) is 0 Å². The summed E-state index contributed by atoms with van der Waals surface area (Å²) in [4.78, 5) is 0. The van der Waals surface area contributed by atoms with Crippen LogP contribution in [-0.4, -0.2) is 42.8 Å². The Morgan fingerprint density at radius 1 is 1.11 bits per heavy atom. The summed E-state index contributed by atoms with van der Waals surface area (Å²) in [6, 6.07) is -0.206. The third kappa shape index (κ3) is 3.70. The summed E-state index contributed by atoms with van der Waals surface area (Å²) in [7, 11) is -3.20. The Morgan fingerprint density at radius 3 is 2.42 bits per heavy atom. The summed E-state index contributed by atoms with van der Waals surface area (Å²) >= 11 is 0. The van der Waals surface area contributed by atoms with Gasteiger partial charge >= 0.3 is 0 Å². The fourth-order valence-corrected chi connectivity index (χ4v) is 5.79. The highest BCUT2D eigenvalue weighted by Crippen LogP contribution is 2.30. The van der Waals surface area contributed by atoms with E-state index in [1.165, 1.54) is 19.3 Å². The first-order valence-electron chi connectivity index (χ1n) is 7.65. The molecule has 0 aromatic rings. The van der Waals surface area contributed by atoms with Gasteiger partial charge in [0, 0.05) is 6.54 Å². The van der Waals surface area contributed by atoms with E-state index in [0.29, 0.717) is 12.5 Å². The predicted octanol–water partition coefficient (Wildman–Crippen LogP) is 1.99. The minimum absolute atomic E-state index is 0.0505. The highest BCUT2D eigenvalue weighted by molar-refractivity contribution is 7.89. The number of aliphatic hydroxyl groups excluding tert-OH is 1. The monoisotopic (exact) mass is 289 g/mol. The Hall–Kier alpha value is -0.130. The fourth-order valence-electron chi connectivity index (χ4n) is 3.57. The topological polar surface area (TPSA) is 57.6 Å². The molecule has 0 radical (unpaired) electrons. The average molecular weight is 289 g/mol. The maximum Gasteiger partial charge on any atom is 0.214 e. The number of rotatable bonds is 4. The number of hydrogen-bond acceptors (Lipinski definition) is 3. The molecular formula is C14H27NO3S. The van der Waals surface area contributed by atoms with Gasteiger partial charge in [-0.05, 0) is 37.5 Å². The molecule has 2 fully saturated rings. The highest BCUT2D eigenvalue weighted by atomic mass is 32.2. The van der Waals surface area contributed by atoms with Gasteiger partial charge < -0.3 is 5.11 Å². The Labute approximate surface area is 117 Å². The Balaban J connectivity index is 2.04. The maximum absolute atomic E-state index is 12.6. The maximum atomic E-state index is 12.6. The average Bonchev–Trinajstić information content (AvgIpc) is 2.39. The summed E-state index contributed by atoms with van der Waals surface area (Å²) in [5, 5.41) is 9.49. The molecule has 1 N–H and O–H groups in total. The van der Waals surface area contributed by atoms with Crippen LogP contribution in [-0.2, 0) is 10.0 Å². The third-order valence-electron chi connectivity index (χ3n) is 4.78. The van der Waals surface area contributed by atoms with Crippen LogP contribution in [0.4, 0.5) is 0 Å². The van der Waals surface area contributed by atoms with Gasteiger partial charge in [0.15, 0.2) is 0 Å². The van der Waals surface area contributed by atoms with Crippen molar-refractivity contribution in [3.05, 3.63) is 0 Å². The second kappa shape index (κ2) is 6.55. The van der Waals surface area contributed by atoms with Gasteiger partial charge in [-0.2, -0.15) is 4.31 Å². The Kier molecular flexibility index (Phi) is 5.26. The van der Waals surface area contributed by atoms with Crippen LogP contribution in [0.15, 0.2) is 0 Å². The molecule has 1 heterocycles. The van der Waals surface area contributed by atoms with Crippen molar-refractivity contribution in [2.45, 2.75) is 57.9 Å². The van der Waals surface area contributed by atoms with Crippen molar-refractivity contribution in [2.75, 3.05) is 18.9 Å². The molecule has 0 aromatic heterocycles. The molecule has 0 aromatic carbocycles. The van der Waals surface area contributed by atoms with Gasteiger partial charge in [-0.3, -0.25) is 0 Å². The molecular weight excluding hydrogens is 262 g/mol. The van der Waals surface area contributed by atoms with Gasteiger partial charge in [0.2, 0.25) is 10.0 Å². The van der Waals surface area contributed by atoms with Crippen LogP contribution in [0.25, 0.3) is 0 Å². The van der Waals surface area contributed by atoms with E-state index in [2.05, 4.69) is 0 Å². The molecule has 0 amide bonds. The van der Waals surface area contributed by atoms with Crippen molar-refractivity contribution in [2.24, 2.45) is 11.8 Å². The van der Waals surface area contributed by atoms with E-state index in [1.54, 1.807) is 4.31 Å². The van der Waals surface area contributed by atoms with Crippen LogP contribution in [0, 0.1) is 11.8 Å². The van der Waals surface area contributed by atoms with E-state index in [-0.39, 0.29) is 24.3 Å². The number of aliphatic hydroxyl groups is 1. The van der Waals surface area contributed by atoms with Crippen LogP contribution in [0.1, 0.15) is 51.9 Å². The minimum atomic E-state index is -3.20. The second-order valence-corrected chi connectivity index (χ2v) is 8.23. The van der Waals surface area contributed by atoms with Gasteiger partial charge in [0.1, 0.15) is 0 Å². The van der Waals surface area contributed by atoms with E-state index in [9.17, 15) is 13.5 Å². The lowest BCUT2D eigenvalue weighted by atomic mass is 9.91. The lowest BCUT2D eigenvalue weighted by molar-refractivity contribution is 0.112. The molecule has 0 bridgehead atoms. The summed E-state index contributed by atoms with van der Waals surface area (Å²) in [6.07, 6.45) is 7.61. The largest absolute Gasteiger partial charge is 0.395 e. The van der Waals surface area contributed by atoms with Crippen molar-refractivity contribution < 1.29 is 13.5 Å². The molecule has 2 unspecified atom stereocenters. The van der Waals surface area contributed by atoms with E-state index >= 15 is 0 Å². The van der Waals surface area contributed by atoms with E-state index in [0.717, 1.165) is 25.7 Å². The van der Waals surface area contributed by atoms with Crippen LogP contribution in [0.3, 0.4) is 0 Å². The molecule has 1 aliphatic carbocycles. The number of nitrogens with zero attached hydrogens (tertiary/aromatic N) is 1. The van der Waals surface area contributed by atoms with Crippen molar-refractivity contribution >= 4 is 10.0 Å². The van der Waals surface area contributed by atoms with Gasteiger partial charge in [0.05, 0.1) is 18.4 Å². The smallest absolute Gasteiger partial charge is 0.214 e. The lowest BCUT2D eigenvalue weighted by Crippen LogP contribution is -2.50. The molecule has 4 nitrogen and oxygen atoms in total. The van der Waals surface area contributed by atoms with Crippen LogP contribution >= 0.6 is 0 Å². The number of sulfonamides is 1. The predicted molar refractivity (Wildman–Crippen MR) is 76.3 cm³/mol. The second-order valence-electron chi connectivity index (χ2n) is 6.26. The zero-order chi connectivity index (χ0) is 13.9. The lowest BCUT2D eigenvalue weighted by Gasteiger charge is -2.38. The SMILES string of the molecule is CC1CCCN(S(=O)(=O)CC2CCCCC2)C1CO. The van der Waals surface area contributed by atoms with Crippen LogP contribution < -0.4 is 0 Å². The number of hydrogen-bond donors (Lipinski definition) is 1. The van der Waals surface area contributed by atoms with E-state index < -0.39 is 10.0 Å². The first kappa shape index (κ1) is 15.3. The van der Waals surface area contributed by atoms with Crippen molar-refractivity contribution in [1.82, 2.24) is 4.31 Å². The number of piperidine rings is 1. The highest BCUT2D eigenvalue weighted by Gasteiger charge is 2.37. The zero-order valence-corrected chi connectivity index (χ0v) is 12.7. The molecule has 1 aliphatic heterocycles. The van der Waals surface area contributed by atoms with Crippen LogP contribution in [0.2, 0.25) is 0 Å². The molecule has 2 atom stereocenters. The Morgan fingerprint density at radius 2 is 1.79 bits per heavy atom. The summed E-state index contributed by atoms with van der Waals surface area (Å²) in [5.74, 6) is 0.881.